The van der Waals surface area contributed by atoms with Crippen molar-refractivity contribution in [2.24, 2.45) is 0 Å². The summed E-state index contributed by atoms with van der Waals surface area (Å²) in [5.41, 5.74) is 3.79. The summed E-state index contributed by atoms with van der Waals surface area (Å²) >= 11 is 1.50. The van der Waals surface area contributed by atoms with Gasteiger partial charge in [-0.15, -0.1) is 0 Å². The Morgan fingerprint density at radius 2 is 1.68 bits per heavy atom. The van der Waals surface area contributed by atoms with Crippen LogP contribution in [0.25, 0.3) is 10.2 Å². The van der Waals surface area contributed by atoms with Gasteiger partial charge in [0.2, 0.25) is 5.91 Å². The van der Waals surface area contributed by atoms with E-state index < -0.39 is 9.84 Å². The molecule has 5 nitrogen and oxygen atoms in total. The van der Waals surface area contributed by atoms with E-state index in [2.05, 4.69) is 6.07 Å². The molecule has 0 aliphatic carbocycles. The van der Waals surface area contributed by atoms with Gasteiger partial charge in [0.05, 0.1) is 28.1 Å². The number of thiazole rings is 1. The molecule has 31 heavy (non-hydrogen) atoms. The lowest BCUT2D eigenvalue weighted by Crippen LogP contribution is -2.31. The van der Waals surface area contributed by atoms with Crippen molar-refractivity contribution in [3.05, 3.63) is 89.5 Å². The highest BCUT2D eigenvalue weighted by Gasteiger charge is 2.21. The second kappa shape index (κ2) is 8.61. The van der Waals surface area contributed by atoms with Crippen LogP contribution in [0.15, 0.2) is 77.7 Å². The first-order chi connectivity index (χ1) is 14.8. The maximum atomic E-state index is 13.3. The molecule has 1 amide bonds. The lowest BCUT2D eigenvalue weighted by molar-refractivity contribution is -0.118. The Bertz CT molecular complexity index is 1330. The molecule has 3 aromatic carbocycles. The molecule has 0 spiro atoms. The third-order valence-electron chi connectivity index (χ3n) is 4.95. The Hall–Kier alpha value is -3.03. The van der Waals surface area contributed by atoms with E-state index in [4.69, 9.17) is 4.98 Å². The summed E-state index contributed by atoms with van der Waals surface area (Å²) < 4.78 is 24.4. The van der Waals surface area contributed by atoms with Crippen LogP contribution < -0.4 is 4.90 Å². The summed E-state index contributed by atoms with van der Waals surface area (Å²) in [4.78, 5) is 20.0. The van der Waals surface area contributed by atoms with Gasteiger partial charge in [-0.05, 0) is 47.9 Å². The number of anilines is 1. The SMILES string of the molecule is Cc1ccc2nc(N(Cc3ccccc3)C(=O)Cc3ccc(S(C)(=O)=O)cc3)sc2c1. The molecule has 4 rings (SSSR count). The van der Waals surface area contributed by atoms with Crippen LogP contribution >= 0.6 is 11.3 Å². The third-order valence-corrected chi connectivity index (χ3v) is 7.12. The van der Waals surface area contributed by atoms with Crippen molar-refractivity contribution in [1.82, 2.24) is 4.98 Å². The van der Waals surface area contributed by atoms with Crippen LogP contribution in [0.5, 0.6) is 0 Å². The number of hydrogen-bond acceptors (Lipinski definition) is 5. The molecule has 1 aromatic heterocycles. The van der Waals surface area contributed by atoms with Crippen molar-refractivity contribution in [1.29, 1.82) is 0 Å². The van der Waals surface area contributed by atoms with Crippen molar-refractivity contribution in [2.45, 2.75) is 24.8 Å². The van der Waals surface area contributed by atoms with E-state index in [1.807, 2.05) is 49.4 Å². The molecule has 1 heterocycles. The molecular formula is C24H22N2O3S2. The van der Waals surface area contributed by atoms with Gasteiger partial charge in [-0.1, -0.05) is 59.9 Å². The van der Waals surface area contributed by atoms with Crippen LogP contribution in [0.3, 0.4) is 0 Å². The number of carbonyl (C=O) groups is 1. The van der Waals surface area contributed by atoms with Gasteiger partial charge in [-0.25, -0.2) is 13.4 Å². The molecular weight excluding hydrogens is 428 g/mol. The summed E-state index contributed by atoms with van der Waals surface area (Å²) in [5.74, 6) is -0.0910. The zero-order chi connectivity index (χ0) is 22.0. The van der Waals surface area contributed by atoms with Crippen LogP contribution in [-0.2, 0) is 27.6 Å². The number of hydrogen-bond donors (Lipinski definition) is 0. The highest BCUT2D eigenvalue weighted by molar-refractivity contribution is 7.90. The first-order valence-corrected chi connectivity index (χ1v) is 12.5. The Balaban J connectivity index is 1.65. The van der Waals surface area contributed by atoms with Crippen molar-refractivity contribution in [3.63, 3.8) is 0 Å². The summed E-state index contributed by atoms with van der Waals surface area (Å²) in [7, 11) is -3.27. The Morgan fingerprint density at radius 1 is 0.968 bits per heavy atom. The molecule has 158 valence electrons. The minimum Gasteiger partial charge on any atom is -0.283 e. The van der Waals surface area contributed by atoms with E-state index in [1.54, 1.807) is 29.2 Å². The summed E-state index contributed by atoms with van der Waals surface area (Å²) in [6.45, 7) is 2.45. The molecule has 7 heteroatoms. The average molecular weight is 451 g/mol. The minimum absolute atomic E-state index is 0.0910. The van der Waals surface area contributed by atoms with Crippen molar-refractivity contribution >= 4 is 42.4 Å². The number of carbonyl (C=O) groups excluding carboxylic acids is 1. The Morgan fingerprint density at radius 3 is 2.35 bits per heavy atom. The molecule has 0 N–H and O–H groups in total. The number of sulfone groups is 1. The number of rotatable bonds is 6. The molecule has 4 aromatic rings. The maximum absolute atomic E-state index is 13.3. The number of aryl methyl sites for hydroxylation is 1. The van der Waals surface area contributed by atoms with Crippen LogP contribution in [0.2, 0.25) is 0 Å². The van der Waals surface area contributed by atoms with Crippen molar-refractivity contribution in [2.75, 3.05) is 11.2 Å². The van der Waals surface area contributed by atoms with E-state index in [0.29, 0.717) is 11.7 Å². The minimum atomic E-state index is -3.27. The smallest absolute Gasteiger partial charge is 0.233 e. The summed E-state index contributed by atoms with van der Waals surface area (Å²) in [6.07, 6.45) is 1.33. The molecule has 0 radical (unpaired) electrons. The van der Waals surface area contributed by atoms with E-state index in [-0.39, 0.29) is 17.2 Å². The number of aromatic nitrogens is 1. The lowest BCUT2D eigenvalue weighted by atomic mass is 10.1. The topological polar surface area (TPSA) is 67.3 Å². The molecule has 0 bridgehead atoms. The van der Waals surface area contributed by atoms with Gasteiger partial charge in [-0.3, -0.25) is 9.69 Å². The highest BCUT2D eigenvalue weighted by Crippen LogP contribution is 2.31. The molecule has 0 fully saturated rings. The average Bonchev–Trinajstić information content (AvgIpc) is 3.15. The van der Waals surface area contributed by atoms with Crippen LogP contribution in [-0.4, -0.2) is 25.6 Å². The number of fused-ring (bicyclic) bond motifs is 1. The van der Waals surface area contributed by atoms with Gasteiger partial charge in [0, 0.05) is 6.26 Å². The third kappa shape index (κ3) is 5.00. The molecule has 0 unspecified atom stereocenters. The molecule has 0 saturated heterocycles. The van der Waals surface area contributed by atoms with Gasteiger partial charge in [-0.2, -0.15) is 0 Å². The van der Waals surface area contributed by atoms with E-state index >= 15 is 0 Å². The Labute approximate surface area is 185 Å². The molecule has 0 saturated carbocycles. The largest absolute Gasteiger partial charge is 0.283 e. The highest BCUT2D eigenvalue weighted by atomic mass is 32.2. The molecule has 0 aliphatic rings. The van der Waals surface area contributed by atoms with Gasteiger partial charge in [0.15, 0.2) is 15.0 Å². The fourth-order valence-corrected chi connectivity index (χ4v) is 5.00. The van der Waals surface area contributed by atoms with E-state index in [0.717, 1.165) is 26.9 Å². The zero-order valence-corrected chi connectivity index (χ0v) is 18.9. The lowest BCUT2D eigenvalue weighted by Gasteiger charge is -2.20. The predicted octanol–water partition coefficient (Wildman–Crippen LogP) is 4.78. The summed E-state index contributed by atoms with van der Waals surface area (Å²) in [5, 5.41) is 0.655. The van der Waals surface area contributed by atoms with Crippen LogP contribution in [0, 0.1) is 6.92 Å². The molecule has 0 atom stereocenters. The monoisotopic (exact) mass is 450 g/mol. The number of benzene rings is 3. The van der Waals surface area contributed by atoms with Gasteiger partial charge >= 0.3 is 0 Å². The van der Waals surface area contributed by atoms with Gasteiger partial charge < -0.3 is 0 Å². The van der Waals surface area contributed by atoms with E-state index in [9.17, 15) is 13.2 Å². The second-order valence-electron chi connectivity index (χ2n) is 7.53. The first kappa shape index (κ1) is 21.2. The summed E-state index contributed by atoms with van der Waals surface area (Å²) in [6, 6.07) is 22.3. The number of amides is 1. The van der Waals surface area contributed by atoms with Crippen LogP contribution in [0.1, 0.15) is 16.7 Å². The van der Waals surface area contributed by atoms with Crippen molar-refractivity contribution < 1.29 is 13.2 Å². The first-order valence-electron chi connectivity index (χ1n) is 9.80. The molecule has 0 aliphatic heterocycles. The Kier molecular flexibility index (Phi) is 5.89. The van der Waals surface area contributed by atoms with Gasteiger partial charge in [0.25, 0.3) is 0 Å². The number of nitrogens with zero attached hydrogens (tertiary/aromatic N) is 2. The van der Waals surface area contributed by atoms with Crippen LogP contribution in [0.4, 0.5) is 5.13 Å². The maximum Gasteiger partial charge on any atom is 0.233 e. The van der Waals surface area contributed by atoms with Crippen molar-refractivity contribution in [3.8, 4) is 0 Å². The normalized spacial score (nSPS) is 11.5. The quantitative estimate of drug-likeness (QED) is 0.424. The standard InChI is InChI=1S/C24H22N2O3S2/c1-17-8-13-21-22(14-17)30-24(25-21)26(16-19-6-4-3-5-7-19)23(27)15-18-9-11-20(12-10-18)31(2,28)29/h3-14H,15-16H2,1-2H3. The van der Waals surface area contributed by atoms with E-state index in [1.165, 1.54) is 17.6 Å². The zero-order valence-electron chi connectivity index (χ0n) is 17.3. The second-order valence-corrected chi connectivity index (χ2v) is 10.6. The predicted molar refractivity (Wildman–Crippen MR) is 125 cm³/mol. The van der Waals surface area contributed by atoms with Gasteiger partial charge in [0.1, 0.15) is 0 Å². The fraction of sp³-hybridized carbons (Fsp3) is 0.167. The fourth-order valence-electron chi connectivity index (χ4n) is 3.29.